The average molecular weight is 199 g/mol. The highest BCUT2D eigenvalue weighted by Gasteiger charge is 2.23. The number of carbonyl (C=O) groups excluding carboxylic acids is 4. The summed E-state index contributed by atoms with van der Waals surface area (Å²) >= 11 is 0. The van der Waals surface area contributed by atoms with Gasteiger partial charge in [-0.1, -0.05) is 0 Å². The standard InChI is InChI=1S/C8H11N2O4/c1-4(7(13)9-5(2)11)8(14)10-6(3)12/h1-3H3,(H,9,11,13)(H,10,12,14). The number of nitrogens with one attached hydrogen (secondary N) is 2. The van der Waals surface area contributed by atoms with Crippen molar-refractivity contribution < 1.29 is 19.2 Å². The molecule has 0 aromatic rings. The van der Waals surface area contributed by atoms with Gasteiger partial charge >= 0.3 is 0 Å². The molecule has 0 aromatic heterocycles. The van der Waals surface area contributed by atoms with Crippen molar-refractivity contribution in [2.45, 2.75) is 20.8 Å². The third-order valence-corrected chi connectivity index (χ3v) is 1.26. The molecule has 0 aliphatic rings. The Morgan fingerprint density at radius 3 is 1.21 bits per heavy atom. The molecule has 2 N–H and O–H groups in total. The third kappa shape index (κ3) is 4.34. The van der Waals surface area contributed by atoms with Gasteiger partial charge in [0.1, 0.15) is 5.92 Å². The van der Waals surface area contributed by atoms with E-state index < -0.39 is 23.6 Å². The van der Waals surface area contributed by atoms with Gasteiger partial charge in [0.05, 0.1) is 0 Å². The van der Waals surface area contributed by atoms with E-state index in [0.717, 1.165) is 13.8 Å². The number of imide groups is 2. The van der Waals surface area contributed by atoms with Crippen LogP contribution in [0.15, 0.2) is 0 Å². The van der Waals surface area contributed by atoms with Crippen LogP contribution in [0.1, 0.15) is 20.8 Å². The van der Waals surface area contributed by atoms with Crippen LogP contribution in [0, 0.1) is 5.92 Å². The Hall–Kier alpha value is -1.72. The summed E-state index contributed by atoms with van der Waals surface area (Å²) in [4.78, 5) is 43.0. The van der Waals surface area contributed by atoms with E-state index in [1.165, 1.54) is 6.92 Å². The molecule has 0 rings (SSSR count). The lowest BCUT2D eigenvalue weighted by molar-refractivity contribution is -0.131. The van der Waals surface area contributed by atoms with Gasteiger partial charge in [-0.3, -0.25) is 29.8 Å². The lowest BCUT2D eigenvalue weighted by atomic mass is 10.1. The molecule has 4 amide bonds. The van der Waals surface area contributed by atoms with Crippen molar-refractivity contribution in [2.75, 3.05) is 0 Å². The van der Waals surface area contributed by atoms with E-state index in [1.807, 2.05) is 10.6 Å². The molecule has 0 aromatic carbocycles. The SMILES string of the molecule is C[C](C(=O)NC(C)=O)C(=O)NC(C)=O. The Morgan fingerprint density at radius 2 is 1.00 bits per heavy atom. The Kier molecular flexibility index (Phi) is 4.48. The van der Waals surface area contributed by atoms with Gasteiger partial charge in [0, 0.05) is 13.8 Å². The maximum Gasteiger partial charge on any atom is 0.243 e. The first-order valence-electron chi connectivity index (χ1n) is 3.82. The van der Waals surface area contributed by atoms with Gasteiger partial charge in [-0.15, -0.1) is 0 Å². The van der Waals surface area contributed by atoms with Crippen LogP contribution >= 0.6 is 0 Å². The zero-order chi connectivity index (χ0) is 11.3. The highest BCUT2D eigenvalue weighted by molar-refractivity contribution is 6.20. The lowest BCUT2D eigenvalue weighted by Crippen LogP contribution is -2.41. The van der Waals surface area contributed by atoms with Gasteiger partial charge in [0.2, 0.25) is 23.6 Å². The first kappa shape index (κ1) is 12.3. The predicted octanol–water partition coefficient (Wildman–Crippen LogP) is -1.09. The van der Waals surface area contributed by atoms with Crippen molar-refractivity contribution in [1.29, 1.82) is 0 Å². The maximum atomic E-state index is 11.0. The molecular formula is C8H11N2O4. The second-order valence-electron chi connectivity index (χ2n) is 2.65. The normalized spacial score (nSPS) is 9.43. The van der Waals surface area contributed by atoms with Gasteiger partial charge in [0.25, 0.3) is 0 Å². The molecule has 0 bridgehead atoms. The minimum atomic E-state index is -0.809. The Balaban J connectivity index is 4.24. The van der Waals surface area contributed by atoms with Crippen LogP contribution in [0.25, 0.3) is 0 Å². The smallest absolute Gasteiger partial charge is 0.243 e. The fourth-order valence-electron chi connectivity index (χ4n) is 0.610. The summed E-state index contributed by atoms with van der Waals surface area (Å²) in [5.41, 5.74) is 0. The number of rotatable bonds is 2. The van der Waals surface area contributed by atoms with Crippen molar-refractivity contribution >= 4 is 23.6 Å². The topological polar surface area (TPSA) is 92.3 Å². The molecule has 0 fully saturated rings. The highest BCUT2D eigenvalue weighted by Crippen LogP contribution is 1.97. The highest BCUT2D eigenvalue weighted by atomic mass is 16.2. The van der Waals surface area contributed by atoms with Gasteiger partial charge in [0.15, 0.2) is 0 Å². The molecule has 0 aliphatic heterocycles. The molecule has 6 nitrogen and oxygen atoms in total. The van der Waals surface area contributed by atoms with Crippen LogP contribution in [0.4, 0.5) is 0 Å². The summed E-state index contributed by atoms with van der Waals surface area (Å²) in [6.45, 7) is 3.51. The van der Waals surface area contributed by atoms with E-state index in [0.29, 0.717) is 0 Å². The number of hydrogen-bond acceptors (Lipinski definition) is 4. The number of hydrogen-bond donors (Lipinski definition) is 2. The van der Waals surface area contributed by atoms with E-state index in [2.05, 4.69) is 0 Å². The van der Waals surface area contributed by atoms with Crippen LogP contribution < -0.4 is 10.6 Å². The quantitative estimate of drug-likeness (QED) is 0.552. The largest absolute Gasteiger partial charge is 0.296 e. The lowest BCUT2D eigenvalue weighted by Gasteiger charge is -2.07. The molecule has 0 aliphatic carbocycles. The molecular weight excluding hydrogens is 188 g/mol. The maximum absolute atomic E-state index is 11.0. The van der Waals surface area contributed by atoms with Crippen molar-refractivity contribution in [3.8, 4) is 0 Å². The van der Waals surface area contributed by atoms with Gasteiger partial charge in [-0.25, -0.2) is 0 Å². The molecule has 14 heavy (non-hydrogen) atoms. The van der Waals surface area contributed by atoms with Gasteiger partial charge in [-0.2, -0.15) is 0 Å². The summed E-state index contributed by atoms with van der Waals surface area (Å²) in [5.74, 6) is -2.99. The van der Waals surface area contributed by atoms with Crippen LogP contribution in [0.3, 0.4) is 0 Å². The summed E-state index contributed by atoms with van der Waals surface area (Å²) in [7, 11) is 0. The summed E-state index contributed by atoms with van der Waals surface area (Å²) in [6, 6.07) is 0. The first-order chi connectivity index (χ1) is 6.34. The Labute approximate surface area is 81.0 Å². The van der Waals surface area contributed by atoms with Crippen molar-refractivity contribution in [2.24, 2.45) is 0 Å². The van der Waals surface area contributed by atoms with Crippen LogP contribution in [0.2, 0.25) is 0 Å². The fraction of sp³-hybridized carbons (Fsp3) is 0.375. The van der Waals surface area contributed by atoms with Gasteiger partial charge in [-0.05, 0) is 6.92 Å². The molecule has 1 radical (unpaired) electrons. The van der Waals surface area contributed by atoms with E-state index in [1.54, 1.807) is 0 Å². The molecule has 0 saturated heterocycles. The molecule has 0 atom stereocenters. The van der Waals surface area contributed by atoms with Crippen molar-refractivity contribution in [1.82, 2.24) is 10.6 Å². The second-order valence-corrected chi connectivity index (χ2v) is 2.65. The summed E-state index contributed by atoms with van der Waals surface area (Å²) in [6.07, 6.45) is 0. The van der Waals surface area contributed by atoms with Crippen LogP contribution in [-0.4, -0.2) is 23.6 Å². The van der Waals surface area contributed by atoms with Crippen molar-refractivity contribution in [3.63, 3.8) is 0 Å². The zero-order valence-corrected chi connectivity index (χ0v) is 8.13. The third-order valence-electron chi connectivity index (χ3n) is 1.26. The minimum absolute atomic E-state index is 0.240. The van der Waals surface area contributed by atoms with E-state index in [-0.39, 0.29) is 5.92 Å². The van der Waals surface area contributed by atoms with E-state index in [9.17, 15) is 19.2 Å². The zero-order valence-electron chi connectivity index (χ0n) is 8.13. The van der Waals surface area contributed by atoms with Crippen LogP contribution in [-0.2, 0) is 19.2 Å². The second kappa shape index (κ2) is 5.11. The molecule has 0 unspecified atom stereocenters. The summed E-state index contributed by atoms with van der Waals surface area (Å²) in [5, 5.41) is 3.82. The predicted molar refractivity (Wildman–Crippen MR) is 46.6 cm³/mol. The monoisotopic (exact) mass is 199 g/mol. The van der Waals surface area contributed by atoms with E-state index in [4.69, 9.17) is 0 Å². The molecule has 77 valence electrons. The van der Waals surface area contributed by atoms with Crippen LogP contribution in [0.5, 0.6) is 0 Å². The van der Waals surface area contributed by atoms with Gasteiger partial charge < -0.3 is 0 Å². The molecule has 0 spiro atoms. The Morgan fingerprint density at radius 1 is 0.714 bits per heavy atom. The molecule has 6 heteroatoms. The van der Waals surface area contributed by atoms with E-state index >= 15 is 0 Å². The summed E-state index contributed by atoms with van der Waals surface area (Å²) < 4.78 is 0. The van der Waals surface area contributed by atoms with Crippen molar-refractivity contribution in [3.05, 3.63) is 5.92 Å². The minimum Gasteiger partial charge on any atom is -0.296 e. The number of carbonyl (C=O) groups is 4. The Bertz CT molecular complexity index is 257. The average Bonchev–Trinajstić information content (AvgIpc) is 2.00. The molecule has 0 heterocycles. The number of amides is 4. The first-order valence-corrected chi connectivity index (χ1v) is 3.82. The fourth-order valence-corrected chi connectivity index (χ4v) is 0.610. The molecule has 0 saturated carbocycles.